The van der Waals surface area contributed by atoms with Gasteiger partial charge in [0, 0.05) is 25.2 Å². The summed E-state index contributed by atoms with van der Waals surface area (Å²) in [5, 5.41) is 29.1. The van der Waals surface area contributed by atoms with E-state index in [9.17, 15) is 0 Å². The van der Waals surface area contributed by atoms with Crippen LogP contribution >= 0.6 is 0 Å². The van der Waals surface area contributed by atoms with Crippen molar-refractivity contribution in [3.05, 3.63) is 35.5 Å². The van der Waals surface area contributed by atoms with Crippen LogP contribution in [0.15, 0.2) is 24.3 Å². The van der Waals surface area contributed by atoms with Crippen molar-refractivity contribution >= 4 is 0 Å². The highest BCUT2D eigenvalue weighted by molar-refractivity contribution is 5.61. The highest BCUT2D eigenvalue weighted by Crippen LogP contribution is 2.21. The van der Waals surface area contributed by atoms with Gasteiger partial charge < -0.3 is 10.2 Å². The number of aromatic nitrogens is 3. The highest BCUT2D eigenvalue weighted by Gasteiger charge is 2.14. The molecule has 6 heteroatoms. The molecule has 20 heavy (non-hydrogen) atoms. The first kappa shape index (κ1) is 14.6. The number of aliphatic hydroxyl groups is 2. The Bertz CT molecular complexity index is 518. The van der Waals surface area contributed by atoms with Crippen LogP contribution < -0.4 is 0 Å². The van der Waals surface area contributed by atoms with E-state index >= 15 is 0 Å². The molecule has 0 radical (unpaired) electrons. The minimum absolute atomic E-state index is 0.0533. The fraction of sp³-hybridized carbons (Fsp3) is 0.429. The summed E-state index contributed by atoms with van der Waals surface area (Å²) < 4.78 is 0. The van der Waals surface area contributed by atoms with Gasteiger partial charge in [-0.05, 0) is 6.92 Å². The molecule has 2 aromatic rings. The fourth-order valence-electron chi connectivity index (χ4n) is 2.07. The molecule has 108 valence electrons. The van der Waals surface area contributed by atoms with Crippen molar-refractivity contribution in [1.29, 1.82) is 0 Å². The van der Waals surface area contributed by atoms with Crippen LogP contribution in [0.1, 0.15) is 11.3 Å². The average molecular weight is 276 g/mol. The van der Waals surface area contributed by atoms with E-state index in [1.165, 1.54) is 5.56 Å². The molecule has 0 aliphatic heterocycles. The summed E-state index contributed by atoms with van der Waals surface area (Å²) in [5.41, 5.74) is 3.83. The van der Waals surface area contributed by atoms with Crippen molar-refractivity contribution in [2.24, 2.45) is 0 Å². The molecule has 3 N–H and O–H groups in total. The molecule has 2 rings (SSSR count). The normalized spacial score (nSPS) is 11.2. The molecular formula is C14H20N4O2. The molecule has 0 aliphatic carbocycles. The van der Waals surface area contributed by atoms with Crippen LogP contribution in [-0.4, -0.2) is 56.8 Å². The Balaban J connectivity index is 2.17. The van der Waals surface area contributed by atoms with E-state index in [0.717, 1.165) is 17.0 Å². The van der Waals surface area contributed by atoms with E-state index < -0.39 is 0 Å². The van der Waals surface area contributed by atoms with Gasteiger partial charge in [0.15, 0.2) is 0 Å². The monoisotopic (exact) mass is 276 g/mol. The molecule has 0 bridgehead atoms. The fourth-order valence-corrected chi connectivity index (χ4v) is 2.07. The third-order valence-electron chi connectivity index (χ3n) is 3.15. The van der Waals surface area contributed by atoms with Gasteiger partial charge in [-0.15, -0.1) is 0 Å². The minimum Gasteiger partial charge on any atom is -0.395 e. The van der Waals surface area contributed by atoms with Gasteiger partial charge in [-0.25, -0.2) is 0 Å². The smallest absolute Gasteiger partial charge is 0.117 e. The second kappa shape index (κ2) is 7.14. The van der Waals surface area contributed by atoms with Crippen LogP contribution in [0.25, 0.3) is 11.3 Å². The lowest BCUT2D eigenvalue weighted by Crippen LogP contribution is -2.29. The number of hydrogen-bond acceptors (Lipinski definition) is 5. The van der Waals surface area contributed by atoms with Gasteiger partial charge >= 0.3 is 0 Å². The summed E-state index contributed by atoms with van der Waals surface area (Å²) in [7, 11) is 0. The van der Waals surface area contributed by atoms with E-state index in [4.69, 9.17) is 10.2 Å². The van der Waals surface area contributed by atoms with Crippen molar-refractivity contribution in [3.8, 4) is 11.3 Å². The Hall–Kier alpha value is -1.76. The standard InChI is InChI=1S/C14H20N4O2/c1-11-2-4-12(5-3-11)14-13(15-17-16-14)10-18(6-8-19)7-9-20/h2-5,19-20H,6-10H2,1H3,(H,15,16,17). The summed E-state index contributed by atoms with van der Waals surface area (Å²) in [6, 6.07) is 8.10. The predicted molar refractivity (Wildman–Crippen MR) is 76.0 cm³/mol. The Labute approximate surface area is 118 Å². The van der Waals surface area contributed by atoms with Gasteiger partial charge in [-0.2, -0.15) is 15.4 Å². The van der Waals surface area contributed by atoms with Crippen LogP contribution in [0, 0.1) is 6.92 Å². The summed E-state index contributed by atoms with van der Waals surface area (Å²) >= 11 is 0. The highest BCUT2D eigenvalue weighted by atomic mass is 16.3. The number of hydrogen-bond donors (Lipinski definition) is 3. The SMILES string of the molecule is Cc1ccc(-c2n[nH]nc2CN(CCO)CCO)cc1. The molecule has 1 heterocycles. The maximum Gasteiger partial charge on any atom is 0.117 e. The Morgan fingerprint density at radius 1 is 1.05 bits per heavy atom. The van der Waals surface area contributed by atoms with Gasteiger partial charge in [0.2, 0.25) is 0 Å². The van der Waals surface area contributed by atoms with Gasteiger partial charge in [-0.3, -0.25) is 4.90 Å². The third-order valence-corrected chi connectivity index (χ3v) is 3.15. The van der Waals surface area contributed by atoms with Crippen molar-refractivity contribution < 1.29 is 10.2 Å². The number of aliphatic hydroxyl groups excluding tert-OH is 2. The van der Waals surface area contributed by atoms with Gasteiger partial charge in [-0.1, -0.05) is 29.8 Å². The lowest BCUT2D eigenvalue weighted by Gasteiger charge is -2.19. The topological polar surface area (TPSA) is 85.3 Å². The molecule has 0 atom stereocenters. The number of nitrogens with one attached hydrogen (secondary N) is 1. The number of benzene rings is 1. The zero-order chi connectivity index (χ0) is 14.4. The molecule has 0 aliphatic rings. The van der Waals surface area contributed by atoms with Crippen LogP contribution in [0.5, 0.6) is 0 Å². The molecule has 1 aromatic heterocycles. The number of H-pyrrole nitrogens is 1. The van der Waals surface area contributed by atoms with Crippen LogP contribution in [0.2, 0.25) is 0 Å². The van der Waals surface area contributed by atoms with E-state index in [1.807, 2.05) is 36.1 Å². The number of aromatic amines is 1. The number of aryl methyl sites for hydroxylation is 1. The zero-order valence-electron chi connectivity index (χ0n) is 11.6. The van der Waals surface area contributed by atoms with Crippen LogP contribution in [0.4, 0.5) is 0 Å². The van der Waals surface area contributed by atoms with E-state index in [2.05, 4.69) is 15.4 Å². The Morgan fingerprint density at radius 3 is 2.30 bits per heavy atom. The lowest BCUT2D eigenvalue weighted by atomic mass is 10.1. The molecule has 6 nitrogen and oxygen atoms in total. The molecule has 0 amide bonds. The van der Waals surface area contributed by atoms with Crippen molar-refractivity contribution in [1.82, 2.24) is 20.3 Å². The third kappa shape index (κ3) is 3.63. The summed E-state index contributed by atoms with van der Waals surface area (Å²) in [6.07, 6.45) is 0. The second-order valence-electron chi connectivity index (χ2n) is 4.71. The van der Waals surface area contributed by atoms with Crippen molar-refractivity contribution in [3.63, 3.8) is 0 Å². The van der Waals surface area contributed by atoms with Crippen LogP contribution in [0.3, 0.4) is 0 Å². The molecule has 0 spiro atoms. The number of rotatable bonds is 7. The number of nitrogens with zero attached hydrogens (tertiary/aromatic N) is 3. The van der Waals surface area contributed by atoms with Gasteiger partial charge in [0.05, 0.1) is 13.2 Å². The zero-order valence-corrected chi connectivity index (χ0v) is 11.6. The largest absolute Gasteiger partial charge is 0.395 e. The molecular weight excluding hydrogens is 256 g/mol. The first-order valence-corrected chi connectivity index (χ1v) is 6.65. The average Bonchev–Trinajstić information content (AvgIpc) is 2.88. The minimum atomic E-state index is 0.0533. The molecule has 0 saturated heterocycles. The Morgan fingerprint density at radius 2 is 1.70 bits per heavy atom. The second-order valence-corrected chi connectivity index (χ2v) is 4.71. The van der Waals surface area contributed by atoms with Crippen molar-refractivity contribution in [2.75, 3.05) is 26.3 Å². The summed E-state index contributed by atoms with van der Waals surface area (Å²) in [4.78, 5) is 1.94. The van der Waals surface area contributed by atoms with Gasteiger partial charge in [0.25, 0.3) is 0 Å². The van der Waals surface area contributed by atoms with Crippen molar-refractivity contribution in [2.45, 2.75) is 13.5 Å². The molecule has 0 fully saturated rings. The maximum absolute atomic E-state index is 9.04. The van der Waals surface area contributed by atoms with E-state index in [0.29, 0.717) is 19.6 Å². The molecule has 0 saturated carbocycles. The first-order valence-electron chi connectivity index (χ1n) is 6.65. The van der Waals surface area contributed by atoms with E-state index in [-0.39, 0.29) is 13.2 Å². The first-order chi connectivity index (χ1) is 9.74. The summed E-state index contributed by atoms with van der Waals surface area (Å²) in [6.45, 7) is 3.69. The van der Waals surface area contributed by atoms with E-state index in [1.54, 1.807) is 0 Å². The van der Waals surface area contributed by atoms with Gasteiger partial charge in [0.1, 0.15) is 11.4 Å². The predicted octanol–water partition coefficient (Wildman–Crippen LogP) is 0.567. The molecule has 1 aromatic carbocycles. The quantitative estimate of drug-likeness (QED) is 0.688. The summed E-state index contributed by atoms with van der Waals surface area (Å²) in [5.74, 6) is 0. The Kier molecular flexibility index (Phi) is 5.23. The van der Waals surface area contributed by atoms with Crippen LogP contribution in [-0.2, 0) is 6.54 Å². The maximum atomic E-state index is 9.04. The molecule has 0 unspecified atom stereocenters. The lowest BCUT2D eigenvalue weighted by molar-refractivity contribution is 0.155.